The van der Waals surface area contributed by atoms with Crippen LogP contribution in [0.15, 0.2) is 83.0 Å². The Hall–Kier alpha value is -3.66. The highest BCUT2D eigenvalue weighted by Crippen LogP contribution is 2.27. The van der Waals surface area contributed by atoms with Gasteiger partial charge in [0.1, 0.15) is 11.5 Å². The molecule has 0 aliphatic heterocycles. The van der Waals surface area contributed by atoms with Gasteiger partial charge in [-0.3, -0.25) is 0 Å². The van der Waals surface area contributed by atoms with Crippen LogP contribution < -0.4 is 0 Å². The molecular formula is C22H16N2O2. The molecule has 0 aliphatic rings. The maximum atomic E-state index is 9.79. The zero-order chi connectivity index (χ0) is 17.9. The van der Waals surface area contributed by atoms with Crippen molar-refractivity contribution in [1.82, 2.24) is 0 Å². The van der Waals surface area contributed by atoms with Gasteiger partial charge in [-0.05, 0) is 39.7 Å². The van der Waals surface area contributed by atoms with Crippen LogP contribution in [0.3, 0.4) is 0 Å². The summed E-state index contributed by atoms with van der Waals surface area (Å²) in [7, 11) is 0. The topological polar surface area (TPSA) is 65.2 Å². The van der Waals surface area contributed by atoms with Crippen LogP contribution in [-0.2, 0) is 0 Å². The van der Waals surface area contributed by atoms with E-state index in [1.165, 1.54) is 18.3 Å². The van der Waals surface area contributed by atoms with Crippen LogP contribution in [0.1, 0.15) is 11.1 Å². The molecule has 2 N–H and O–H groups in total. The van der Waals surface area contributed by atoms with Gasteiger partial charge < -0.3 is 10.2 Å². The quantitative estimate of drug-likeness (QED) is 0.318. The molecule has 0 aromatic heterocycles. The van der Waals surface area contributed by atoms with Crippen molar-refractivity contribution in [3.8, 4) is 11.5 Å². The Morgan fingerprint density at radius 2 is 1.27 bits per heavy atom. The molecule has 0 bridgehead atoms. The zero-order valence-corrected chi connectivity index (χ0v) is 13.9. The molecule has 4 aromatic rings. The maximum Gasteiger partial charge on any atom is 0.128 e. The van der Waals surface area contributed by atoms with Gasteiger partial charge in [0.25, 0.3) is 0 Å². The molecule has 0 aliphatic carbocycles. The Bertz CT molecular complexity index is 1110. The highest BCUT2D eigenvalue weighted by atomic mass is 16.3. The third kappa shape index (κ3) is 3.00. The Morgan fingerprint density at radius 3 is 1.92 bits per heavy atom. The van der Waals surface area contributed by atoms with Crippen LogP contribution in [-0.4, -0.2) is 22.6 Å². The van der Waals surface area contributed by atoms with Gasteiger partial charge in [-0.15, -0.1) is 0 Å². The molecule has 0 heterocycles. The van der Waals surface area contributed by atoms with Gasteiger partial charge in [0.15, 0.2) is 0 Å². The van der Waals surface area contributed by atoms with Gasteiger partial charge in [0.05, 0.1) is 12.4 Å². The third-order valence-electron chi connectivity index (χ3n) is 4.28. The number of phenols is 2. The number of nitrogens with zero attached hydrogens (tertiary/aromatic N) is 2. The normalized spacial score (nSPS) is 11.8. The number of hydrogen-bond acceptors (Lipinski definition) is 4. The zero-order valence-electron chi connectivity index (χ0n) is 13.9. The predicted octanol–water partition coefficient (Wildman–Crippen LogP) is 4.86. The van der Waals surface area contributed by atoms with E-state index in [0.29, 0.717) is 5.56 Å². The largest absolute Gasteiger partial charge is 0.508 e. The molecule has 0 saturated heterocycles. The number of hydrogen-bond donors (Lipinski definition) is 2. The number of benzene rings is 4. The van der Waals surface area contributed by atoms with Crippen LogP contribution >= 0.6 is 0 Å². The lowest BCUT2D eigenvalue weighted by Gasteiger charge is -2.07. The van der Waals surface area contributed by atoms with Crippen molar-refractivity contribution in [1.29, 1.82) is 0 Å². The van der Waals surface area contributed by atoms with Crippen LogP contribution in [0.25, 0.3) is 21.5 Å². The van der Waals surface area contributed by atoms with Crippen LogP contribution in [0.4, 0.5) is 0 Å². The minimum Gasteiger partial charge on any atom is -0.508 e. The van der Waals surface area contributed by atoms with E-state index in [2.05, 4.69) is 40.5 Å². The molecule has 4 nitrogen and oxygen atoms in total. The molecular weight excluding hydrogens is 324 g/mol. The maximum absolute atomic E-state index is 9.79. The Kier molecular flexibility index (Phi) is 4.07. The molecule has 0 radical (unpaired) electrons. The summed E-state index contributed by atoms with van der Waals surface area (Å²) >= 11 is 0. The van der Waals surface area contributed by atoms with Crippen LogP contribution in [0.2, 0.25) is 0 Å². The smallest absolute Gasteiger partial charge is 0.128 e. The fraction of sp³-hybridized carbons (Fsp3) is 0. The van der Waals surface area contributed by atoms with Crippen molar-refractivity contribution in [2.75, 3.05) is 0 Å². The van der Waals surface area contributed by atoms with Crippen molar-refractivity contribution in [2.45, 2.75) is 0 Å². The monoisotopic (exact) mass is 340 g/mol. The van der Waals surface area contributed by atoms with E-state index >= 15 is 0 Å². The van der Waals surface area contributed by atoms with Gasteiger partial charge in [0, 0.05) is 17.2 Å². The summed E-state index contributed by atoms with van der Waals surface area (Å²) in [6, 6.07) is 22.8. The first kappa shape index (κ1) is 15.8. The summed E-state index contributed by atoms with van der Waals surface area (Å²) in [5.74, 6) is -0.0371. The van der Waals surface area contributed by atoms with Crippen molar-refractivity contribution >= 4 is 34.0 Å². The molecule has 0 fully saturated rings. The Labute approximate surface area is 150 Å². The molecule has 0 saturated carbocycles. The fourth-order valence-electron chi connectivity index (χ4n) is 3.02. The van der Waals surface area contributed by atoms with Gasteiger partial charge >= 0.3 is 0 Å². The number of phenolic OH excluding ortho intramolecular Hbond substituents is 2. The number of fused-ring (bicyclic) bond motifs is 2. The lowest BCUT2D eigenvalue weighted by atomic mass is 9.97. The second-order valence-electron chi connectivity index (χ2n) is 5.96. The van der Waals surface area contributed by atoms with E-state index in [4.69, 9.17) is 0 Å². The van der Waals surface area contributed by atoms with Gasteiger partial charge in [-0.25, -0.2) is 0 Å². The first-order valence-corrected chi connectivity index (χ1v) is 8.21. The molecule has 4 heteroatoms. The molecule has 0 spiro atoms. The van der Waals surface area contributed by atoms with Crippen molar-refractivity contribution < 1.29 is 10.2 Å². The molecule has 0 atom stereocenters. The third-order valence-corrected chi connectivity index (χ3v) is 4.28. The van der Waals surface area contributed by atoms with E-state index < -0.39 is 0 Å². The van der Waals surface area contributed by atoms with E-state index in [9.17, 15) is 10.2 Å². The van der Waals surface area contributed by atoms with E-state index in [0.717, 1.165) is 27.1 Å². The average molecular weight is 340 g/mol. The Balaban J connectivity index is 1.75. The van der Waals surface area contributed by atoms with E-state index in [-0.39, 0.29) is 11.5 Å². The van der Waals surface area contributed by atoms with Gasteiger partial charge in [0.2, 0.25) is 0 Å². The van der Waals surface area contributed by atoms with E-state index in [1.54, 1.807) is 12.3 Å². The van der Waals surface area contributed by atoms with E-state index in [1.807, 2.05) is 24.3 Å². The second kappa shape index (κ2) is 6.69. The van der Waals surface area contributed by atoms with Gasteiger partial charge in [-0.2, -0.15) is 10.2 Å². The summed E-state index contributed by atoms with van der Waals surface area (Å²) in [5, 5.41) is 31.8. The van der Waals surface area contributed by atoms with Crippen LogP contribution in [0, 0.1) is 0 Å². The first-order valence-electron chi connectivity index (χ1n) is 8.21. The average Bonchev–Trinajstić information content (AvgIpc) is 2.65. The second-order valence-corrected chi connectivity index (χ2v) is 5.96. The Morgan fingerprint density at radius 1 is 0.654 bits per heavy atom. The minimum atomic E-state index is -0.0421. The molecule has 4 aromatic carbocycles. The summed E-state index contributed by atoms with van der Waals surface area (Å²) in [6.07, 6.45) is 3.19. The highest BCUT2D eigenvalue weighted by molar-refractivity contribution is 6.13. The van der Waals surface area contributed by atoms with Crippen molar-refractivity contribution in [3.05, 3.63) is 83.9 Å². The van der Waals surface area contributed by atoms with Crippen molar-refractivity contribution in [3.63, 3.8) is 0 Å². The number of rotatable bonds is 3. The lowest BCUT2D eigenvalue weighted by molar-refractivity contribution is 0.450. The first-order chi connectivity index (χ1) is 12.7. The molecule has 126 valence electrons. The summed E-state index contributed by atoms with van der Waals surface area (Å²) < 4.78 is 0. The van der Waals surface area contributed by atoms with Crippen LogP contribution in [0.5, 0.6) is 11.5 Å². The molecule has 4 rings (SSSR count). The SMILES string of the molecule is Oc1ccc(C=NN=Cc2c3ccccc3cc3ccccc23)c(O)c1. The molecule has 0 unspecified atom stereocenters. The standard InChI is InChI=1S/C22H16N2O2/c25-18-10-9-17(22(26)12-18)13-23-24-14-21-19-7-3-1-5-15(19)11-16-6-2-4-8-20(16)21/h1-14,25-26H. The predicted molar refractivity (Wildman–Crippen MR) is 106 cm³/mol. The summed E-state index contributed by atoms with van der Waals surface area (Å²) in [4.78, 5) is 0. The van der Waals surface area contributed by atoms with Crippen molar-refractivity contribution in [2.24, 2.45) is 10.2 Å². The number of aromatic hydroxyl groups is 2. The molecule has 26 heavy (non-hydrogen) atoms. The molecule has 0 amide bonds. The van der Waals surface area contributed by atoms with Gasteiger partial charge in [-0.1, -0.05) is 48.5 Å². The summed E-state index contributed by atoms with van der Waals surface area (Å²) in [5.41, 5.74) is 1.49. The fourth-order valence-corrected chi connectivity index (χ4v) is 3.02. The lowest BCUT2D eigenvalue weighted by Crippen LogP contribution is -1.88. The minimum absolute atomic E-state index is 0.00498. The highest BCUT2D eigenvalue weighted by Gasteiger charge is 2.05. The summed E-state index contributed by atoms with van der Waals surface area (Å²) in [6.45, 7) is 0.